The van der Waals surface area contributed by atoms with E-state index in [-0.39, 0.29) is 6.10 Å². The highest BCUT2D eigenvalue weighted by Crippen LogP contribution is 2.16. The Morgan fingerprint density at radius 2 is 2.07 bits per heavy atom. The van der Waals surface area contributed by atoms with Crippen molar-refractivity contribution in [3.8, 4) is 0 Å². The minimum absolute atomic E-state index is 0.204. The van der Waals surface area contributed by atoms with E-state index in [0.29, 0.717) is 12.1 Å². The van der Waals surface area contributed by atoms with Gasteiger partial charge >= 0.3 is 0 Å². The van der Waals surface area contributed by atoms with Gasteiger partial charge in [-0.05, 0) is 26.3 Å². The van der Waals surface area contributed by atoms with Crippen molar-refractivity contribution >= 4 is 0 Å². The number of hydrogen-bond acceptors (Lipinski definition) is 3. The van der Waals surface area contributed by atoms with Crippen molar-refractivity contribution in [2.45, 2.75) is 58.2 Å². The second-order valence-electron chi connectivity index (χ2n) is 5.06. The van der Waals surface area contributed by atoms with E-state index in [0.717, 1.165) is 19.6 Å². The standard InChI is InChI=1S/C12H26N2O/c1-10(2)13-8-12-6-4-5-7-14(12)9-11(3)15/h10-13,15H,4-9H2,1-3H3. The predicted molar refractivity (Wildman–Crippen MR) is 64.0 cm³/mol. The van der Waals surface area contributed by atoms with Gasteiger partial charge in [-0.2, -0.15) is 0 Å². The first-order valence-corrected chi connectivity index (χ1v) is 6.25. The smallest absolute Gasteiger partial charge is 0.0639 e. The zero-order valence-corrected chi connectivity index (χ0v) is 10.4. The van der Waals surface area contributed by atoms with E-state index in [1.807, 2.05) is 6.92 Å². The normalized spacial score (nSPS) is 25.8. The zero-order valence-electron chi connectivity index (χ0n) is 10.4. The predicted octanol–water partition coefficient (Wildman–Crippen LogP) is 1.22. The van der Waals surface area contributed by atoms with Crippen LogP contribution in [0, 0.1) is 0 Å². The molecule has 0 aromatic heterocycles. The van der Waals surface area contributed by atoms with Crippen molar-refractivity contribution in [2.75, 3.05) is 19.6 Å². The van der Waals surface area contributed by atoms with Crippen LogP contribution in [0.1, 0.15) is 40.0 Å². The summed E-state index contributed by atoms with van der Waals surface area (Å²) in [7, 11) is 0. The molecule has 0 saturated carbocycles. The third kappa shape index (κ3) is 4.96. The molecule has 1 saturated heterocycles. The molecular weight excluding hydrogens is 188 g/mol. The first-order valence-electron chi connectivity index (χ1n) is 6.25. The Balaban J connectivity index is 2.35. The topological polar surface area (TPSA) is 35.5 Å². The molecule has 0 bridgehead atoms. The average molecular weight is 214 g/mol. The van der Waals surface area contributed by atoms with Crippen LogP contribution in [0.3, 0.4) is 0 Å². The van der Waals surface area contributed by atoms with Crippen LogP contribution < -0.4 is 5.32 Å². The summed E-state index contributed by atoms with van der Waals surface area (Å²) in [5, 5.41) is 12.9. The summed E-state index contributed by atoms with van der Waals surface area (Å²) < 4.78 is 0. The molecule has 3 heteroatoms. The molecule has 15 heavy (non-hydrogen) atoms. The first kappa shape index (κ1) is 12.9. The van der Waals surface area contributed by atoms with Gasteiger partial charge in [-0.3, -0.25) is 4.90 Å². The van der Waals surface area contributed by atoms with Gasteiger partial charge in [0.2, 0.25) is 0 Å². The number of nitrogens with one attached hydrogen (secondary N) is 1. The van der Waals surface area contributed by atoms with Crippen LogP contribution in [0.5, 0.6) is 0 Å². The van der Waals surface area contributed by atoms with Gasteiger partial charge < -0.3 is 10.4 Å². The Labute approximate surface area is 93.9 Å². The van der Waals surface area contributed by atoms with Crippen molar-refractivity contribution < 1.29 is 5.11 Å². The Bertz CT molecular complexity index is 171. The quantitative estimate of drug-likeness (QED) is 0.722. The molecule has 3 nitrogen and oxygen atoms in total. The van der Waals surface area contributed by atoms with Crippen LogP contribution in [0.25, 0.3) is 0 Å². The lowest BCUT2D eigenvalue weighted by Gasteiger charge is -2.37. The molecule has 1 heterocycles. The number of aliphatic hydroxyl groups excluding tert-OH is 1. The Kier molecular flexibility index (Phi) is 5.58. The molecule has 1 rings (SSSR count). The minimum atomic E-state index is -0.204. The molecule has 2 atom stereocenters. The fourth-order valence-electron chi connectivity index (χ4n) is 2.24. The molecule has 0 aromatic rings. The van der Waals surface area contributed by atoms with Crippen molar-refractivity contribution in [3.05, 3.63) is 0 Å². The highest BCUT2D eigenvalue weighted by atomic mass is 16.3. The maximum atomic E-state index is 9.44. The van der Waals surface area contributed by atoms with Gasteiger partial charge in [-0.15, -0.1) is 0 Å². The van der Waals surface area contributed by atoms with Gasteiger partial charge in [-0.25, -0.2) is 0 Å². The van der Waals surface area contributed by atoms with E-state index in [9.17, 15) is 5.11 Å². The van der Waals surface area contributed by atoms with Crippen LogP contribution in [0.15, 0.2) is 0 Å². The number of β-amino-alcohol motifs (C(OH)–C–C–N with tert-alkyl or cyclic N) is 1. The van der Waals surface area contributed by atoms with Crippen LogP contribution in [0.4, 0.5) is 0 Å². The van der Waals surface area contributed by atoms with Crippen LogP contribution in [0.2, 0.25) is 0 Å². The maximum Gasteiger partial charge on any atom is 0.0639 e. The lowest BCUT2D eigenvalue weighted by atomic mass is 10.0. The Morgan fingerprint density at radius 1 is 1.33 bits per heavy atom. The third-order valence-electron chi connectivity index (χ3n) is 3.01. The monoisotopic (exact) mass is 214 g/mol. The van der Waals surface area contributed by atoms with Crippen LogP contribution in [-0.4, -0.2) is 47.8 Å². The van der Waals surface area contributed by atoms with E-state index in [1.54, 1.807) is 0 Å². The summed E-state index contributed by atoms with van der Waals surface area (Å²) in [6.07, 6.45) is 3.68. The van der Waals surface area contributed by atoms with E-state index >= 15 is 0 Å². The molecule has 2 unspecified atom stereocenters. The number of rotatable bonds is 5. The zero-order chi connectivity index (χ0) is 11.3. The molecule has 90 valence electrons. The second kappa shape index (κ2) is 6.46. The van der Waals surface area contributed by atoms with Gasteiger partial charge in [0.1, 0.15) is 0 Å². The molecule has 0 aromatic carbocycles. The molecular formula is C12H26N2O. The Morgan fingerprint density at radius 3 is 2.67 bits per heavy atom. The van der Waals surface area contributed by atoms with Gasteiger partial charge in [0.25, 0.3) is 0 Å². The van der Waals surface area contributed by atoms with Gasteiger partial charge in [-0.1, -0.05) is 20.3 Å². The summed E-state index contributed by atoms with van der Waals surface area (Å²) in [6, 6.07) is 1.18. The van der Waals surface area contributed by atoms with Crippen LogP contribution in [-0.2, 0) is 0 Å². The van der Waals surface area contributed by atoms with E-state index in [2.05, 4.69) is 24.1 Å². The summed E-state index contributed by atoms with van der Waals surface area (Å²) >= 11 is 0. The number of piperidine rings is 1. The van der Waals surface area contributed by atoms with Gasteiger partial charge in [0, 0.05) is 25.2 Å². The van der Waals surface area contributed by atoms with Crippen molar-refractivity contribution in [1.82, 2.24) is 10.2 Å². The molecule has 1 aliphatic heterocycles. The molecule has 2 N–H and O–H groups in total. The van der Waals surface area contributed by atoms with Gasteiger partial charge in [0.15, 0.2) is 0 Å². The largest absolute Gasteiger partial charge is 0.392 e. The summed E-state index contributed by atoms with van der Waals surface area (Å²) in [6.45, 7) is 9.27. The van der Waals surface area contributed by atoms with Crippen LogP contribution >= 0.6 is 0 Å². The number of likely N-dealkylation sites (tertiary alicyclic amines) is 1. The molecule has 0 amide bonds. The minimum Gasteiger partial charge on any atom is -0.392 e. The third-order valence-corrected chi connectivity index (χ3v) is 3.01. The van der Waals surface area contributed by atoms with E-state index < -0.39 is 0 Å². The number of nitrogens with zero attached hydrogens (tertiary/aromatic N) is 1. The maximum absolute atomic E-state index is 9.44. The Hall–Kier alpha value is -0.120. The summed E-state index contributed by atoms with van der Waals surface area (Å²) in [5.41, 5.74) is 0. The lowest BCUT2D eigenvalue weighted by Crippen LogP contribution is -2.48. The highest BCUT2D eigenvalue weighted by molar-refractivity contribution is 4.80. The van der Waals surface area contributed by atoms with E-state index in [1.165, 1.54) is 19.3 Å². The summed E-state index contributed by atoms with van der Waals surface area (Å²) in [5.74, 6) is 0. The number of hydrogen-bond donors (Lipinski definition) is 2. The molecule has 0 spiro atoms. The summed E-state index contributed by atoms with van der Waals surface area (Å²) in [4.78, 5) is 2.43. The average Bonchev–Trinajstić information content (AvgIpc) is 2.15. The van der Waals surface area contributed by atoms with Crippen molar-refractivity contribution in [2.24, 2.45) is 0 Å². The second-order valence-corrected chi connectivity index (χ2v) is 5.06. The van der Waals surface area contributed by atoms with Gasteiger partial charge in [0.05, 0.1) is 6.10 Å². The first-order chi connectivity index (χ1) is 7.09. The fraction of sp³-hybridized carbons (Fsp3) is 1.00. The van der Waals surface area contributed by atoms with Crippen molar-refractivity contribution in [1.29, 1.82) is 0 Å². The lowest BCUT2D eigenvalue weighted by molar-refractivity contribution is 0.0754. The van der Waals surface area contributed by atoms with E-state index in [4.69, 9.17) is 0 Å². The number of aliphatic hydroxyl groups is 1. The molecule has 0 aliphatic carbocycles. The highest BCUT2D eigenvalue weighted by Gasteiger charge is 2.22. The molecule has 1 aliphatic rings. The SMILES string of the molecule is CC(O)CN1CCCCC1CNC(C)C. The fourth-order valence-corrected chi connectivity index (χ4v) is 2.24. The molecule has 1 fully saturated rings. The molecule has 0 radical (unpaired) electrons. The van der Waals surface area contributed by atoms with Crippen molar-refractivity contribution in [3.63, 3.8) is 0 Å².